The molecule has 0 atom stereocenters. The molecule has 1 saturated carbocycles. The van der Waals surface area contributed by atoms with Gasteiger partial charge in [0.05, 0.1) is 42.3 Å². The van der Waals surface area contributed by atoms with Crippen molar-refractivity contribution in [2.45, 2.75) is 64.7 Å². The van der Waals surface area contributed by atoms with E-state index in [2.05, 4.69) is 20.2 Å². The molecule has 15 heteroatoms. The molecule has 1 N–H and O–H groups in total. The van der Waals surface area contributed by atoms with Gasteiger partial charge in [-0.3, -0.25) is 14.5 Å². The number of piperazine rings is 1. The maximum Gasteiger partial charge on any atom is 0.410 e. The van der Waals surface area contributed by atoms with E-state index in [1.54, 1.807) is 41.6 Å². The van der Waals surface area contributed by atoms with Gasteiger partial charge >= 0.3 is 6.09 Å². The van der Waals surface area contributed by atoms with Crippen LogP contribution in [-0.2, 0) is 11.3 Å². The van der Waals surface area contributed by atoms with Crippen LogP contribution in [-0.4, -0.2) is 82.1 Å². The predicted octanol–water partition coefficient (Wildman–Crippen LogP) is 7.72. The average Bonchev–Trinajstić information content (AvgIpc) is 3.65. The van der Waals surface area contributed by atoms with E-state index in [0.717, 1.165) is 53.7 Å². The number of nitrogens with zero attached hydrogens (tertiary/aromatic N) is 6. The van der Waals surface area contributed by atoms with Crippen molar-refractivity contribution in [2.24, 2.45) is 5.92 Å². The number of hydrogen-bond donors (Lipinski definition) is 1. The number of anilines is 1. The van der Waals surface area contributed by atoms with Crippen LogP contribution < -0.4 is 19.7 Å². The number of benzene rings is 3. The SMILES string of the molecule is COc1ccc(COc2c(F)cc(C(=O)NCC3CCC(n4cc5ccc(-c6cnc(N7CCN(C(=O)OC(C)(C)C)CC7)cn6)cc5n4)CC3)c(F)c2F)cc1. The smallest absolute Gasteiger partial charge is 0.410 e. The highest BCUT2D eigenvalue weighted by atomic mass is 19.2. The second-order valence-corrected chi connectivity index (χ2v) is 15.5. The van der Waals surface area contributed by atoms with Gasteiger partial charge in [-0.15, -0.1) is 0 Å². The Morgan fingerprint density at radius 1 is 0.895 bits per heavy atom. The number of halogens is 3. The summed E-state index contributed by atoms with van der Waals surface area (Å²) in [6.07, 6.45) is 8.45. The third-order valence-electron chi connectivity index (χ3n) is 10.4. The molecule has 3 heterocycles. The summed E-state index contributed by atoms with van der Waals surface area (Å²) in [5, 5.41) is 8.55. The van der Waals surface area contributed by atoms with E-state index in [0.29, 0.717) is 43.6 Å². The first-order valence-corrected chi connectivity index (χ1v) is 19.1. The number of aromatic nitrogens is 4. The fourth-order valence-electron chi connectivity index (χ4n) is 7.16. The summed E-state index contributed by atoms with van der Waals surface area (Å²) >= 11 is 0. The normalized spacial score (nSPS) is 17.4. The summed E-state index contributed by atoms with van der Waals surface area (Å²) < 4.78 is 62.5. The van der Waals surface area contributed by atoms with E-state index in [-0.39, 0.29) is 31.2 Å². The molecule has 0 unspecified atom stereocenters. The number of hydrogen-bond acceptors (Lipinski definition) is 9. The molecule has 2 fully saturated rings. The van der Waals surface area contributed by atoms with Crippen LogP contribution in [0.4, 0.5) is 23.8 Å². The van der Waals surface area contributed by atoms with Gasteiger partial charge < -0.3 is 29.3 Å². The number of rotatable bonds is 10. The zero-order valence-electron chi connectivity index (χ0n) is 32.4. The van der Waals surface area contributed by atoms with Gasteiger partial charge in [0.25, 0.3) is 5.91 Å². The van der Waals surface area contributed by atoms with Crippen LogP contribution in [0.2, 0.25) is 0 Å². The number of carbonyl (C=O) groups is 2. The highest BCUT2D eigenvalue weighted by molar-refractivity contribution is 5.94. The lowest BCUT2D eigenvalue weighted by atomic mass is 9.86. The number of amides is 2. The number of fused-ring (bicyclic) bond motifs is 1. The van der Waals surface area contributed by atoms with Crippen LogP contribution in [0.5, 0.6) is 11.5 Å². The van der Waals surface area contributed by atoms with Crippen molar-refractivity contribution in [2.75, 3.05) is 44.7 Å². The number of methoxy groups -OCH3 is 1. The largest absolute Gasteiger partial charge is 0.497 e. The second-order valence-electron chi connectivity index (χ2n) is 15.5. The summed E-state index contributed by atoms with van der Waals surface area (Å²) in [6, 6.07) is 13.5. The Kier molecular flexibility index (Phi) is 11.5. The third kappa shape index (κ3) is 9.24. The van der Waals surface area contributed by atoms with Gasteiger partial charge in [-0.1, -0.05) is 24.3 Å². The second kappa shape index (κ2) is 16.7. The molecule has 300 valence electrons. The van der Waals surface area contributed by atoms with Crippen molar-refractivity contribution in [3.8, 4) is 22.8 Å². The minimum absolute atomic E-state index is 0.113. The molecule has 2 aromatic heterocycles. The Bertz CT molecular complexity index is 2210. The molecule has 2 amide bonds. The Hall–Kier alpha value is -5.86. The zero-order chi connectivity index (χ0) is 40.3. The number of ether oxygens (including phenoxy) is 3. The van der Waals surface area contributed by atoms with Gasteiger partial charge in [-0.2, -0.15) is 9.49 Å². The monoisotopic (exact) mass is 785 g/mol. The van der Waals surface area contributed by atoms with Crippen LogP contribution in [0, 0.1) is 23.4 Å². The maximum absolute atomic E-state index is 15.0. The molecule has 7 rings (SSSR count). The van der Waals surface area contributed by atoms with Gasteiger partial charge in [0.2, 0.25) is 5.82 Å². The van der Waals surface area contributed by atoms with Gasteiger partial charge in [-0.05, 0) is 82.2 Å². The summed E-state index contributed by atoms with van der Waals surface area (Å²) in [7, 11) is 1.52. The van der Waals surface area contributed by atoms with Gasteiger partial charge in [-0.25, -0.2) is 18.6 Å². The lowest BCUT2D eigenvalue weighted by Gasteiger charge is -2.36. The minimum atomic E-state index is -1.55. The van der Waals surface area contributed by atoms with Crippen molar-refractivity contribution in [1.29, 1.82) is 0 Å². The Balaban J connectivity index is 0.894. The topological polar surface area (TPSA) is 124 Å². The first kappa shape index (κ1) is 39.4. The van der Waals surface area contributed by atoms with E-state index < -0.39 is 40.3 Å². The Morgan fingerprint density at radius 2 is 1.63 bits per heavy atom. The van der Waals surface area contributed by atoms with E-state index >= 15 is 0 Å². The molecule has 0 bridgehead atoms. The molecule has 1 aliphatic carbocycles. The van der Waals surface area contributed by atoms with Crippen LogP contribution in [0.3, 0.4) is 0 Å². The Morgan fingerprint density at radius 3 is 2.30 bits per heavy atom. The fourth-order valence-corrected chi connectivity index (χ4v) is 7.16. The Labute approximate surface area is 328 Å². The molecule has 2 aliphatic rings. The van der Waals surface area contributed by atoms with Crippen LogP contribution in [0.15, 0.2) is 67.1 Å². The van der Waals surface area contributed by atoms with Gasteiger partial charge in [0, 0.05) is 49.9 Å². The van der Waals surface area contributed by atoms with Crippen molar-refractivity contribution >= 4 is 28.7 Å². The molecule has 0 spiro atoms. The average molecular weight is 786 g/mol. The van der Waals surface area contributed by atoms with E-state index in [4.69, 9.17) is 19.3 Å². The number of carbonyl (C=O) groups excluding carboxylic acids is 2. The molecule has 5 aromatic rings. The van der Waals surface area contributed by atoms with Gasteiger partial charge in [0.1, 0.15) is 23.8 Å². The summed E-state index contributed by atoms with van der Waals surface area (Å²) in [5.74, 6) is -4.49. The highest BCUT2D eigenvalue weighted by Crippen LogP contribution is 2.34. The van der Waals surface area contributed by atoms with Crippen molar-refractivity contribution in [3.63, 3.8) is 0 Å². The van der Waals surface area contributed by atoms with Gasteiger partial charge in [0.15, 0.2) is 17.4 Å². The van der Waals surface area contributed by atoms with E-state index in [1.807, 2.05) is 49.8 Å². The fraction of sp³-hybridized carbons (Fsp3) is 0.405. The van der Waals surface area contributed by atoms with Crippen molar-refractivity contribution < 1.29 is 37.0 Å². The quantitative estimate of drug-likeness (QED) is 0.142. The molecule has 1 aliphatic heterocycles. The summed E-state index contributed by atoms with van der Waals surface area (Å²) in [6.45, 7) is 7.97. The zero-order valence-corrected chi connectivity index (χ0v) is 32.4. The van der Waals surface area contributed by atoms with Crippen LogP contribution >= 0.6 is 0 Å². The lowest BCUT2D eigenvalue weighted by Crippen LogP contribution is -2.50. The van der Waals surface area contributed by atoms with E-state index in [1.165, 1.54) is 7.11 Å². The highest BCUT2D eigenvalue weighted by Gasteiger charge is 2.28. The van der Waals surface area contributed by atoms with Crippen molar-refractivity contribution in [1.82, 2.24) is 30.0 Å². The van der Waals surface area contributed by atoms with Crippen molar-refractivity contribution in [3.05, 3.63) is 95.7 Å². The molecular formula is C42H46F3N7O5. The molecule has 3 aromatic carbocycles. The summed E-state index contributed by atoms with van der Waals surface area (Å²) in [4.78, 5) is 38.5. The summed E-state index contributed by atoms with van der Waals surface area (Å²) in [5.41, 5.74) is 1.81. The third-order valence-corrected chi connectivity index (χ3v) is 10.4. The van der Waals surface area contributed by atoms with E-state index in [9.17, 15) is 22.8 Å². The number of nitrogens with one attached hydrogen (secondary N) is 1. The molecule has 0 radical (unpaired) electrons. The van der Waals surface area contributed by atoms with Crippen LogP contribution in [0.1, 0.15) is 68.4 Å². The molecule has 12 nitrogen and oxygen atoms in total. The first-order valence-electron chi connectivity index (χ1n) is 19.1. The molecular weight excluding hydrogens is 739 g/mol. The standard InChI is InChI=1S/C42H46F3N7O5/c1-42(2,3)57-41(54)51-17-15-50(16-18-51)36-23-46-35(22-47-36)28-9-10-29-24-52(49-34(29)19-28)30-11-5-26(6-12-30)21-48-40(53)32-20-33(43)39(38(45)37(32)44)56-25-27-7-13-31(55-4)14-8-27/h7-10,13-14,19-20,22-24,26,30H,5-6,11-12,15-18,21,25H2,1-4H3,(H,48,53). The minimum Gasteiger partial charge on any atom is -0.497 e. The first-order chi connectivity index (χ1) is 27.3. The lowest BCUT2D eigenvalue weighted by molar-refractivity contribution is 0.0240. The molecule has 57 heavy (non-hydrogen) atoms. The maximum atomic E-state index is 15.0. The molecule has 1 saturated heterocycles. The van der Waals surface area contributed by atoms with Crippen LogP contribution in [0.25, 0.3) is 22.2 Å². The predicted molar refractivity (Wildman–Crippen MR) is 208 cm³/mol.